The first-order valence-electron chi connectivity index (χ1n) is 21.0. The van der Waals surface area contributed by atoms with Crippen molar-refractivity contribution in [3.8, 4) is 33.4 Å². The fourth-order valence-electron chi connectivity index (χ4n) is 9.59. The molecule has 62 heavy (non-hydrogen) atoms. The molecular formula is C58H35NO2S. The summed E-state index contributed by atoms with van der Waals surface area (Å²) in [5, 5.41) is 9.34. The Bertz CT molecular complexity index is 3860. The lowest BCUT2D eigenvalue weighted by atomic mass is 9.95. The van der Waals surface area contributed by atoms with Crippen molar-refractivity contribution in [3.63, 3.8) is 0 Å². The average molecular weight is 810 g/mol. The molecule has 0 N–H and O–H groups in total. The van der Waals surface area contributed by atoms with E-state index in [1.54, 1.807) is 0 Å². The summed E-state index contributed by atoms with van der Waals surface area (Å²) in [6.45, 7) is 0. The number of furan rings is 2. The van der Waals surface area contributed by atoms with Gasteiger partial charge in [-0.15, -0.1) is 11.3 Å². The van der Waals surface area contributed by atoms with Crippen LogP contribution in [0.1, 0.15) is 0 Å². The van der Waals surface area contributed by atoms with E-state index in [0.717, 1.165) is 83.2 Å². The largest absolute Gasteiger partial charge is 0.456 e. The highest BCUT2D eigenvalue weighted by atomic mass is 32.1. The van der Waals surface area contributed by atoms with Crippen LogP contribution in [0.25, 0.3) is 108 Å². The molecule has 0 saturated carbocycles. The predicted molar refractivity (Wildman–Crippen MR) is 262 cm³/mol. The van der Waals surface area contributed by atoms with Crippen molar-refractivity contribution in [3.05, 3.63) is 212 Å². The van der Waals surface area contributed by atoms with Gasteiger partial charge in [-0.2, -0.15) is 0 Å². The quantitative estimate of drug-likeness (QED) is 0.168. The van der Waals surface area contributed by atoms with E-state index in [1.165, 1.54) is 42.1 Å². The molecule has 0 spiro atoms. The van der Waals surface area contributed by atoms with Crippen LogP contribution in [0.2, 0.25) is 0 Å². The van der Waals surface area contributed by atoms with E-state index in [2.05, 4.69) is 193 Å². The van der Waals surface area contributed by atoms with Crippen LogP contribution in [-0.4, -0.2) is 0 Å². The standard InChI is InChI=1S/C58H35NO2S/c1-2-16-43-37(12-1)13-10-20-44(43)38-30-32-41(33-31-38)59(50-22-11-21-46-45-17-5-8-25-54(45)62-58(46)50)42-15-9-14-40(34-42)36-26-28-39(29-27-36)49-35-53-56(48-19-4-6-23-51(48)60-53)57-55(49)47-18-3-7-24-52(47)61-57/h1-35H. The molecule has 0 fully saturated rings. The molecule has 10 aromatic carbocycles. The number of hydrogen-bond acceptors (Lipinski definition) is 4. The van der Waals surface area contributed by atoms with E-state index in [9.17, 15) is 0 Å². The SMILES string of the molecule is c1cc(-c2ccc(-c3cc4oc5ccccc5c4c4oc5ccccc5c34)cc2)cc(N(c2ccc(-c3cccc4ccccc34)cc2)c2cccc3c2sc2ccccc23)c1. The number of thiophene rings is 1. The van der Waals surface area contributed by atoms with Gasteiger partial charge in [-0.3, -0.25) is 0 Å². The molecule has 3 nitrogen and oxygen atoms in total. The van der Waals surface area contributed by atoms with E-state index in [-0.39, 0.29) is 0 Å². The molecule has 290 valence electrons. The Morgan fingerprint density at radius 1 is 0.355 bits per heavy atom. The van der Waals surface area contributed by atoms with E-state index in [4.69, 9.17) is 8.83 Å². The van der Waals surface area contributed by atoms with Crippen molar-refractivity contribution >= 4 is 103 Å². The molecule has 0 atom stereocenters. The summed E-state index contributed by atoms with van der Waals surface area (Å²) in [6.07, 6.45) is 0. The van der Waals surface area contributed by atoms with Gasteiger partial charge in [-0.25, -0.2) is 0 Å². The van der Waals surface area contributed by atoms with Gasteiger partial charge in [0.15, 0.2) is 0 Å². The maximum Gasteiger partial charge on any atom is 0.147 e. The van der Waals surface area contributed by atoms with Crippen LogP contribution < -0.4 is 4.90 Å². The summed E-state index contributed by atoms with van der Waals surface area (Å²) in [7, 11) is 0. The second-order valence-electron chi connectivity index (χ2n) is 16.0. The van der Waals surface area contributed by atoms with E-state index < -0.39 is 0 Å². The van der Waals surface area contributed by atoms with Crippen molar-refractivity contribution < 1.29 is 8.83 Å². The number of nitrogens with zero attached hydrogens (tertiary/aromatic N) is 1. The molecule has 13 aromatic rings. The van der Waals surface area contributed by atoms with E-state index in [1.807, 2.05) is 35.6 Å². The Morgan fingerprint density at radius 3 is 1.81 bits per heavy atom. The van der Waals surface area contributed by atoms with Crippen LogP contribution in [0.5, 0.6) is 0 Å². The van der Waals surface area contributed by atoms with E-state index >= 15 is 0 Å². The van der Waals surface area contributed by atoms with Crippen molar-refractivity contribution in [1.82, 2.24) is 0 Å². The number of rotatable bonds is 6. The smallest absolute Gasteiger partial charge is 0.147 e. The molecule has 0 aliphatic rings. The van der Waals surface area contributed by atoms with Crippen LogP contribution in [0.4, 0.5) is 17.1 Å². The highest BCUT2D eigenvalue weighted by molar-refractivity contribution is 7.26. The Labute approximate surface area is 360 Å². The van der Waals surface area contributed by atoms with Gasteiger partial charge in [0.05, 0.1) is 15.8 Å². The summed E-state index contributed by atoms with van der Waals surface area (Å²) >= 11 is 1.86. The van der Waals surface area contributed by atoms with Gasteiger partial charge in [-0.05, 0) is 98.8 Å². The Hall–Kier alpha value is -7.92. The molecule has 0 unspecified atom stereocenters. The lowest BCUT2D eigenvalue weighted by Crippen LogP contribution is -2.10. The summed E-state index contributed by atoms with van der Waals surface area (Å²) in [4.78, 5) is 2.42. The molecule has 13 rings (SSSR count). The van der Waals surface area contributed by atoms with Crippen LogP contribution in [-0.2, 0) is 0 Å². The number of hydrogen-bond donors (Lipinski definition) is 0. The molecule has 0 aliphatic carbocycles. The zero-order valence-electron chi connectivity index (χ0n) is 33.4. The minimum absolute atomic E-state index is 0.823. The first-order chi connectivity index (χ1) is 30.7. The topological polar surface area (TPSA) is 29.5 Å². The zero-order chi connectivity index (χ0) is 40.7. The van der Waals surface area contributed by atoms with Crippen LogP contribution >= 0.6 is 11.3 Å². The van der Waals surface area contributed by atoms with Crippen LogP contribution in [0.15, 0.2) is 221 Å². The molecule has 0 bridgehead atoms. The van der Waals surface area contributed by atoms with Gasteiger partial charge < -0.3 is 13.7 Å². The average Bonchev–Trinajstić information content (AvgIpc) is 4.04. The number of anilines is 3. The second-order valence-corrected chi connectivity index (χ2v) is 17.0. The number of para-hydroxylation sites is 2. The van der Waals surface area contributed by atoms with Gasteiger partial charge in [0.25, 0.3) is 0 Å². The number of benzene rings is 10. The molecule has 0 saturated heterocycles. The Balaban J connectivity index is 0.936. The summed E-state index contributed by atoms with van der Waals surface area (Å²) in [6, 6.07) is 76.3. The Morgan fingerprint density at radius 2 is 0.968 bits per heavy atom. The van der Waals surface area contributed by atoms with Gasteiger partial charge >= 0.3 is 0 Å². The highest BCUT2D eigenvalue weighted by Crippen LogP contribution is 2.47. The summed E-state index contributed by atoms with van der Waals surface area (Å²) in [5.41, 5.74) is 13.7. The molecule has 0 radical (unpaired) electrons. The maximum absolute atomic E-state index is 6.62. The molecule has 3 aromatic heterocycles. The molecule has 3 heterocycles. The van der Waals surface area contributed by atoms with Gasteiger partial charge in [0.2, 0.25) is 0 Å². The van der Waals surface area contributed by atoms with Crippen LogP contribution in [0.3, 0.4) is 0 Å². The summed E-state index contributed by atoms with van der Waals surface area (Å²) < 4.78 is 15.6. The van der Waals surface area contributed by atoms with E-state index in [0.29, 0.717) is 0 Å². The van der Waals surface area contributed by atoms with Crippen LogP contribution in [0, 0.1) is 0 Å². The van der Waals surface area contributed by atoms with Gasteiger partial charge in [0, 0.05) is 43.0 Å². The Kier molecular flexibility index (Phi) is 7.78. The van der Waals surface area contributed by atoms with Gasteiger partial charge in [-0.1, -0.05) is 158 Å². The van der Waals surface area contributed by atoms with Crippen molar-refractivity contribution in [1.29, 1.82) is 0 Å². The summed E-state index contributed by atoms with van der Waals surface area (Å²) in [5.74, 6) is 0. The monoisotopic (exact) mass is 809 g/mol. The second kappa shape index (κ2) is 13.8. The maximum atomic E-state index is 6.62. The van der Waals surface area contributed by atoms with Crippen molar-refractivity contribution in [2.45, 2.75) is 0 Å². The molecule has 0 aliphatic heterocycles. The van der Waals surface area contributed by atoms with Crippen molar-refractivity contribution in [2.75, 3.05) is 4.90 Å². The lowest BCUT2D eigenvalue weighted by Gasteiger charge is -2.27. The fourth-order valence-corrected chi connectivity index (χ4v) is 10.8. The highest BCUT2D eigenvalue weighted by Gasteiger charge is 2.22. The molecule has 0 amide bonds. The normalized spacial score (nSPS) is 11.9. The zero-order valence-corrected chi connectivity index (χ0v) is 34.2. The first kappa shape index (κ1) is 34.9. The number of fused-ring (bicyclic) bond motifs is 11. The molecular weight excluding hydrogens is 775 g/mol. The minimum atomic E-state index is 0.823. The third kappa shape index (κ3) is 5.44. The van der Waals surface area contributed by atoms with Crippen molar-refractivity contribution in [2.24, 2.45) is 0 Å². The lowest BCUT2D eigenvalue weighted by molar-refractivity contribution is 0.663. The fraction of sp³-hybridized carbons (Fsp3) is 0. The third-order valence-corrected chi connectivity index (χ3v) is 13.7. The first-order valence-corrected chi connectivity index (χ1v) is 21.8. The minimum Gasteiger partial charge on any atom is -0.456 e. The third-order valence-electron chi connectivity index (χ3n) is 12.5. The van der Waals surface area contributed by atoms with Gasteiger partial charge in [0.1, 0.15) is 22.3 Å². The molecule has 4 heteroatoms. The predicted octanol–water partition coefficient (Wildman–Crippen LogP) is 17.5.